The molecular weight excluding hydrogens is 236 g/mol. The van der Waals surface area contributed by atoms with Crippen molar-refractivity contribution in [1.29, 1.82) is 0 Å². The van der Waals surface area contributed by atoms with Crippen molar-refractivity contribution in [2.24, 2.45) is 11.8 Å². The lowest BCUT2D eigenvalue weighted by Crippen LogP contribution is -2.43. The minimum Gasteiger partial charge on any atom is -0.497 e. The summed E-state index contributed by atoms with van der Waals surface area (Å²) in [6.45, 7) is 0. The quantitative estimate of drug-likeness (QED) is 0.720. The highest BCUT2D eigenvalue weighted by Crippen LogP contribution is 2.57. The second-order valence-corrected chi connectivity index (χ2v) is 6.11. The summed E-state index contributed by atoms with van der Waals surface area (Å²) in [5.41, 5.74) is 2.36. The number of hydrogen-bond acceptors (Lipinski definition) is 2. The molecule has 1 aromatic carbocycles. The average molecular weight is 254 g/mol. The van der Waals surface area contributed by atoms with E-state index in [0.717, 1.165) is 25.0 Å². The minimum atomic E-state index is -0.235. The molecule has 2 nitrogen and oxygen atoms in total. The predicted molar refractivity (Wildman–Crippen MR) is 73.4 cm³/mol. The van der Waals surface area contributed by atoms with Crippen LogP contribution in [0.25, 0.3) is 0 Å². The van der Waals surface area contributed by atoms with Crippen LogP contribution in [0.5, 0.6) is 5.75 Å². The van der Waals surface area contributed by atoms with Gasteiger partial charge >= 0.3 is 0 Å². The van der Waals surface area contributed by atoms with Crippen molar-refractivity contribution in [3.63, 3.8) is 0 Å². The van der Waals surface area contributed by atoms with E-state index in [4.69, 9.17) is 4.74 Å². The van der Waals surface area contributed by atoms with Gasteiger partial charge in [-0.15, -0.1) is 0 Å². The molecule has 0 saturated heterocycles. The van der Waals surface area contributed by atoms with Gasteiger partial charge in [0.1, 0.15) is 11.5 Å². The fourth-order valence-corrected chi connectivity index (χ4v) is 4.42. The normalized spacial score (nSPS) is 34.9. The predicted octanol–water partition coefficient (Wildman–Crippen LogP) is 3.04. The highest BCUT2D eigenvalue weighted by atomic mass is 16.5. The molecule has 1 aromatic rings. The lowest BCUT2D eigenvalue weighted by Gasteiger charge is -2.39. The second-order valence-electron chi connectivity index (χ2n) is 6.11. The van der Waals surface area contributed by atoms with E-state index in [0.29, 0.717) is 24.0 Å². The molecule has 1 saturated carbocycles. The van der Waals surface area contributed by atoms with Gasteiger partial charge in [0, 0.05) is 6.42 Å². The Labute approximate surface area is 113 Å². The van der Waals surface area contributed by atoms with E-state index in [2.05, 4.69) is 24.3 Å². The smallest absolute Gasteiger partial charge is 0.144 e. The molecule has 3 atom stereocenters. The molecule has 4 rings (SSSR count). The van der Waals surface area contributed by atoms with Crippen molar-refractivity contribution in [3.05, 3.63) is 41.5 Å². The fraction of sp³-hybridized carbons (Fsp3) is 0.471. The first-order valence-corrected chi connectivity index (χ1v) is 7.13. The molecule has 1 spiro atoms. The maximum atomic E-state index is 12.7. The van der Waals surface area contributed by atoms with Crippen molar-refractivity contribution in [2.75, 3.05) is 7.11 Å². The van der Waals surface area contributed by atoms with E-state index in [1.54, 1.807) is 7.11 Å². The third-order valence-electron chi connectivity index (χ3n) is 5.31. The van der Waals surface area contributed by atoms with Gasteiger partial charge in [-0.05, 0) is 54.4 Å². The molecular formula is C17H18O2. The van der Waals surface area contributed by atoms with Crippen LogP contribution in [0.3, 0.4) is 0 Å². The maximum absolute atomic E-state index is 12.7. The number of methoxy groups -OCH3 is 1. The van der Waals surface area contributed by atoms with E-state index in [1.165, 1.54) is 11.1 Å². The van der Waals surface area contributed by atoms with Gasteiger partial charge in [0.05, 0.1) is 12.5 Å². The Morgan fingerprint density at radius 3 is 2.84 bits per heavy atom. The van der Waals surface area contributed by atoms with Gasteiger partial charge in [0.2, 0.25) is 0 Å². The SMILES string of the molecule is COc1ccc2c(c1)C1(CC3C=CC1C3)C(=O)CC2. The fourth-order valence-electron chi connectivity index (χ4n) is 4.42. The monoisotopic (exact) mass is 254 g/mol. The first-order chi connectivity index (χ1) is 9.24. The van der Waals surface area contributed by atoms with Crippen molar-refractivity contribution < 1.29 is 9.53 Å². The zero-order valence-corrected chi connectivity index (χ0v) is 11.2. The largest absolute Gasteiger partial charge is 0.497 e. The Kier molecular flexibility index (Phi) is 2.21. The second kappa shape index (κ2) is 3.72. The van der Waals surface area contributed by atoms with E-state index < -0.39 is 0 Å². The summed E-state index contributed by atoms with van der Waals surface area (Å²) in [7, 11) is 1.69. The van der Waals surface area contributed by atoms with E-state index in [1.807, 2.05) is 6.07 Å². The van der Waals surface area contributed by atoms with Crippen LogP contribution in [0.15, 0.2) is 30.4 Å². The van der Waals surface area contributed by atoms with Crippen LogP contribution in [0.1, 0.15) is 30.4 Å². The summed E-state index contributed by atoms with van der Waals surface area (Å²) >= 11 is 0. The van der Waals surface area contributed by atoms with Gasteiger partial charge < -0.3 is 4.74 Å². The Balaban J connectivity index is 1.93. The molecule has 19 heavy (non-hydrogen) atoms. The van der Waals surface area contributed by atoms with Crippen molar-refractivity contribution >= 4 is 5.78 Å². The number of allylic oxidation sites excluding steroid dienone is 2. The lowest BCUT2D eigenvalue weighted by atomic mass is 9.62. The van der Waals surface area contributed by atoms with Crippen LogP contribution in [0.2, 0.25) is 0 Å². The molecule has 0 N–H and O–H groups in total. The van der Waals surface area contributed by atoms with Crippen molar-refractivity contribution in [2.45, 2.75) is 31.1 Å². The summed E-state index contributed by atoms with van der Waals surface area (Å²) < 4.78 is 5.37. The number of rotatable bonds is 1. The maximum Gasteiger partial charge on any atom is 0.144 e. The summed E-state index contributed by atoms with van der Waals surface area (Å²) in [5, 5.41) is 0. The van der Waals surface area contributed by atoms with Gasteiger partial charge in [0.15, 0.2) is 0 Å². The third-order valence-corrected chi connectivity index (χ3v) is 5.31. The van der Waals surface area contributed by atoms with Crippen LogP contribution in [0.4, 0.5) is 0 Å². The number of ketones is 1. The molecule has 1 fully saturated rings. The molecule has 2 bridgehead atoms. The Bertz CT molecular complexity index is 587. The number of Topliss-reactive ketones (excluding diaryl/α,β-unsaturated/α-hetero) is 1. The standard InChI is InChI=1S/C17H18O2/c1-19-14-6-3-12-4-7-16(18)17(15(12)9-14)10-11-2-5-13(17)8-11/h2-3,5-6,9,11,13H,4,7-8,10H2,1H3. The highest BCUT2D eigenvalue weighted by molar-refractivity contribution is 5.94. The van der Waals surface area contributed by atoms with Gasteiger partial charge in [-0.1, -0.05) is 18.2 Å². The molecule has 0 heterocycles. The van der Waals surface area contributed by atoms with Crippen LogP contribution in [-0.4, -0.2) is 12.9 Å². The number of carbonyl (C=O) groups is 1. The highest BCUT2D eigenvalue weighted by Gasteiger charge is 2.55. The van der Waals surface area contributed by atoms with Crippen LogP contribution in [-0.2, 0) is 16.6 Å². The molecule has 3 unspecified atom stereocenters. The van der Waals surface area contributed by atoms with Gasteiger partial charge in [-0.2, -0.15) is 0 Å². The number of aryl methyl sites for hydroxylation is 1. The number of carbonyl (C=O) groups excluding carboxylic acids is 1. The number of benzene rings is 1. The zero-order chi connectivity index (χ0) is 13.0. The summed E-state index contributed by atoms with van der Waals surface area (Å²) in [5.74, 6) is 2.34. The number of hydrogen-bond donors (Lipinski definition) is 0. The molecule has 3 aliphatic carbocycles. The zero-order valence-electron chi connectivity index (χ0n) is 11.2. The first-order valence-electron chi connectivity index (χ1n) is 7.13. The molecule has 0 aliphatic heterocycles. The van der Waals surface area contributed by atoms with Gasteiger partial charge in [0.25, 0.3) is 0 Å². The van der Waals surface area contributed by atoms with Gasteiger partial charge in [-0.3, -0.25) is 4.79 Å². The van der Waals surface area contributed by atoms with E-state index in [9.17, 15) is 4.79 Å². The van der Waals surface area contributed by atoms with E-state index in [-0.39, 0.29) is 5.41 Å². The molecule has 3 aliphatic rings. The topological polar surface area (TPSA) is 26.3 Å². The lowest BCUT2D eigenvalue weighted by molar-refractivity contribution is -0.126. The van der Waals surface area contributed by atoms with Crippen LogP contribution >= 0.6 is 0 Å². The Morgan fingerprint density at radius 2 is 2.16 bits per heavy atom. The molecule has 98 valence electrons. The van der Waals surface area contributed by atoms with Crippen LogP contribution in [0, 0.1) is 11.8 Å². The molecule has 0 amide bonds. The molecule has 0 aromatic heterocycles. The Hall–Kier alpha value is -1.57. The van der Waals surface area contributed by atoms with Crippen molar-refractivity contribution in [3.8, 4) is 5.75 Å². The summed E-state index contributed by atoms with van der Waals surface area (Å²) in [4.78, 5) is 12.7. The summed E-state index contributed by atoms with van der Waals surface area (Å²) in [6.07, 6.45) is 8.34. The van der Waals surface area contributed by atoms with E-state index >= 15 is 0 Å². The average Bonchev–Trinajstić information content (AvgIpc) is 3.04. The summed E-state index contributed by atoms with van der Waals surface area (Å²) in [6, 6.07) is 6.28. The van der Waals surface area contributed by atoms with Crippen LogP contribution < -0.4 is 4.74 Å². The van der Waals surface area contributed by atoms with Crippen molar-refractivity contribution in [1.82, 2.24) is 0 Å². The first kappa shape index (κ1) is 11.3. The third kappa shape index (κ3) is 1.35. The van der Waals surface area contributed by atoms with Gasteiger partial charge in [-0.25, -0.2) is 0 Å². The molecule has 2 heteroatoms. The minimum absolute atomic E-state index is 0.235. The number of fused-ring (bicyclic) bond motifs is 5. The Morgan fingerprint density at radius 1 is 1.26 bits per heavy atom. The number of ether oxygens (including phenoxy) is 1. The molecule has 0 radical (unpaired) electrons.